The Morgan fingerprint density at radius 3 is 2.52 bits per heavy atom. The lowest BCUT2D eigenvalue weighted by Crippen LogP contribution is -2.24. The maximum absolute atomic E-state index is 12.3. The highest BCUT2D eigenvalue weighted by molar-refractivity contribution is 14.1. The van der Waals surface area contributed by atoms with Gasteiger partial charge in [-0.25, -0.2) is 0 Å². The third kappa shape index (κ3) is 6.81. The van der Waals surface area contributed by atoms with Gasteiger partial charge in [0.05, 0.1) is 12.3 Å². The topological polar surface area (TPSA) is 88.9 Å². The second kappa shape index (κ2) is 11.3. The third-order valence-electron chi connectivity index (χ3n) is 4.08. The zero-order chi connectivity index (χ0) is 22.2. The molecule has 0 saturated carbocycles. The summed E-state index contributed by atoms with van der Waals surface area (Å²) >= 11 is 9.34. The lowest BCUT2D eigenvalue weighted by molar-refractivity contribution is -0.113. The standard InChI is InChI=1S/C21H19ClIN5O2S/c1-2-11-28-18(12-24-20(30)14-3-5-15(22)6-4-14)26-27-21(28)31-13-19(29)25-17-9-7-16(23)8-10-17/h2-10H,1,11-13H2,(H,24,30)(H,25,29). The van der Waals surface area contributed by atoms with Crippen molar-refractivity contribution in [2.24, 2.45) is 0 Å². The highest BCUT2D eigenvalue weighted by Crippen LogP contribution is 2.19. The Labute approximate surface area is 202 Å². The van der Waals surface area contributed by atoms with E-state index < -0.39 is 0 Å². The number of benzene rings is 2. The van der Waals surface area contributed by atoms with Crippen molar-refractivity contribution in [1.82, 2.24) is 20.1 Å². The summed E-state index contributed by atoms with van der Waals surface area (Å²) < 4.78 is 2.91. The van der Waals surface area contributed by atoms with Crippen molar-refractivity contribution in [3.63, 3.8) is 0 Å². The molecule has 1 aromatic heterocycles. The number of amides is 2. The van der Waals surface area contributed by atoms with Gasteiger partial charge in [0, 0.05) is 26.4 Å². The molecule has 3 rings (SSSR count). The molecular weight excluding hydrogens is 549 g/mol. The highest BCUT2D eigenvalue weighted by atomic mass is 127. The fraction of sp³-hybridized carbons (Fsp3) is 0.143. The summed E-state index contributed by atoms with van der Waals surface area (Å²) in [5.41, 5.74) is 1.24. The van der Waals surface area contributed by atoms with Crippen molar-refractivity contribution in [1.29, 1.82) is 0 Å². The SMILES string of the molecule is C=CCn1c(CNC(=O)c2ccc(Cl)cc2)nnc1SCC(=O)Nc1ccc(I)cc1. The number of carbonyl (C=O) groups excluding carboxylic acids is 2. The van der Waals surface area contributed by atoms with Gasteiger partial charge in [0.15, 0.2) is 11.0 Å². The van der Waals surface area contributed by atoms with E-state index in [9.17, 15) is 9.59 Å². The van der Waals surface area contributed by atoms with Gasteiger partial charge in [-0.05, 0) is 71.1 Å². The van der Waals surface area contributed by atoms with Crippen LogP contribution in [0.1, 0.15) is 16.2 Å². The number of carbonyl (C=O) groups is 2. The fourth-order valence-corrected chi connectivity index (χ4v) is 3.84. The number of hydrogen-bond acceptors (Lipinski definition) is 5. The molecule has 2 aromatic carbocycles. The zero-order valence-corrected chi connectivity index (χ0v) is 20.1. The fourth-order valence-electron chi connectivity index (χ4n) is 2.59. The Morgan fingerprint density at radius 2 is 1.84 bits per heavy atom. The molecule has 0 aliphatic heterocycles. The molecule has 3 aromatic rings. The number of allylic oxidation sites excluding steroid dienone is 1. The molecule has 0 aliphatic carbocycles. The predicted molar refractivity (Wildman–Crippen MR) is 131 cm³/mol. The molecule has 0 fully saturated rings. The normalized spacial score (nSPS) is 10.5. The molecule has 31 heavy (non-hydrogen) atoms. The van der Waals surface area contributed by atoms with Gasteiger partial charge in [0.25, 0.3) is 5.91 Å². The largest absolute Gasteiger partial charge is 0.345 e. The lowest BCUT2D eigenvalue weighted by Gasteiger charge is -2.09. The van der Waals surface area contributed by atoms with Crippen molar-refractivity contribution in [3.8, 4) is 0 Å². The maximum atomic E-state index is 12.3. The van der Waals surface area contributed by atoms with Crippen LogP contribution in [0.5, 0.6) is 0 Å². The predicted octanol–water partition coefficient (Wildman–Crippen LogP) is 4.38. The Kier molecular flexibility index (Phi) is 8.50. The number of thioether (sulfide) groups is 1. The van der Waals surface area contributed by atoms with Crippen LogP contribution >= 0.6 is 46.0 Å². The monoisotopic (exact) mass is 567 g/mol. The molecule has 0 spiro atoms. The molecule has 0 atom stereocenters. The van der Waals surface area contributed by atoms with E-state index >= 15 is 0 Å². The minimum Gasteiger partial charge on any atom is -0.345 e. The van der Waals surface area contributed by atoms with Crippen LogP contribution in [0.3, 0.4) is 0 Å². The van der Waals surface area contributed by atoms with Crippen LogP contribution in [0.4, 0.5) is 5.69 Å². The molecule has 0 saturated heterocycles. The number of nitrogens with one attached hydrogen (secondary N) is 2. The summed E-state index contributed by atoms with van der Waals surface area (Å²) in [6.07, 6.45) is 1.71. The van der Waals surface area contributed by atoms with Gasteiger partial charge in [-0.2, -0.15) is 0 Å². The molecule has 10 heteroatoms. The summed E-state index contributed by atoms with van der Waals surface area (Å²) in [5.74, 6) is 0.369. The smallest absolute Gasteiger partial charge is 0.251 e. The lowest BCUT2D eigenvalue weighted by atomic mass is 10.2. The van der Waals surface area contributed by atoms with Gasteiger partial charge in [0.2, 0.25) is 5.91 Å². The quantitative estimate of drug-likeness (QED) is 0.228. The molecule has 2 N–H and O–H groups in total. The molecule has 160 valence electrons. The van der Waals surface area contributed by atoms with Crippen molar-refractivity contribution in [2.45, 2.75) is 18.2 Å². The summed E-state index contributed by atoms with van der Waals surface area (Å²) in [7, 11) is 0. The Balaban J connectivity index is 1.59. The number of hydrogen-bond donors (Lipinski definition) is 2. The van der Waals surface area contributed by atoms with Crippen LogP contribution in [-0.2, 0) is 17.9 Å². The number of anilines is 1. The average Bonchev–Trinajstić information content (AvgIpc) is 3.14. The minimum atomic E-state index is -0.240. The van der Waals surface area contributed by atoms with Gasteiger partial charge in [0.1, 0.15) is 0 Å². The molecule has 0 unspecified atom stereocenters. The van der Waals surface area contributed by atoms with E-state index in [-0.39, 0.29) is 24.1 Å². The van der Waals surface area contributed by atoms with Crippen LogP contribution in [0.2, 0.25) is 5.02 Å². The first-order valence-corrected chi connectivity index (χ1v) is 11.7. The number of rotatable bonds is 9. The molecule has 0 bridgehead atoms. The molecule has 0 radical (unpaired) electrons. The van der Waals surface area contributed by atoms with Gasteiger partial charge in [-0.15, -0.1) is 16.8 Å². The van der Waals surface area contributed by atoms with Gasteiger partial charge >= 0.3 is 0 Å². The van der Waals surface area contributed by atoms with E-state index in [1.54, 1.807) is 30.3 Å². The summed E-state index contributed by atoms with van der Waals surface area (Å²) in [6.45, 7) is 4.41. The van der Waals surface area contributed by atoms with E-state index in [4.69, 9.17) is 11.6 Å². The summed E-state index contributed by atoms with van der Waals surface area (Å²) in [4.78, 5) is 24.6. The van der Waals surface area contributed by atoms with Crippen molar-refractivity contribution >= 4 is 63.5 Å². The molecule has 0 aliphatic rings. The Bertz CT molecular complexity index is 1070. The molecular formula is C21H19ClIN5O2S. The van der Waals surface area contributed by atoms with E-state index in [0.29, 0.717) is 28.1 Å². The number of halogens is 2. The first-order valence-electron chi connectivity index (χ1n) is 9.21. The molecule has 1 heterocycles. The number of aromatic nitrogens is 3. The van der Waals surface area contributed by atoms with Gasteiger partial charge in [-0.3, -0.25) is 9.59 Å². The van der Waals surface area contributed by atoms with Crippen molar-refractivity contribution in [3.05, 3.63) is 81.2 Å². The minimum absolute atomic E-state index is 0.142. The molecule has 2 amide bonds. The number of nitrogens with zero attached hydrogens (tertiary/aromatic N) is 3. The van der Waals surface area contributed by atoms with Crippen molar-refractivity contribution < 1.29 is 9.59 Å². The summed E-state index contributed by atoms with van der Waals surface area (Å²) in [6, 6.07) is 14.2. The van der Waals surface area contributed by atoms with E-state index in [0.717, 1.165) is 9.26 Å². The van der Waals surface area contributed by atoms with Crippen molar-refractivity contribution in [2.75, 3.05) is 11.1 Å². The maximum Gasteiger partial charge on any atom is 0.251 e. The van der Waals surface area contributed by atoms with Crippen LogP contribution < -0.4 is 10.6 Å². The van der Waals surface area contributed by atoms with Crippen LogP contribution in [-0.4, -0.2) is 32.3 Å². The second-order valence-corrected chi connectivity index (χ2v) is 8.96. The van der Waals surface area contributed by atoms with E-state index in [1.165, 1.54) is 11.8 Å². The molecule has 7 nitrogen and oxygen atoms in total. The Hall–Kier alpha value is -2.37. The highest BCUT2D eigenvalue weighted by Gasteiger charge is 2.15. The first kappa shape index (κ1) is 23.3. The average molecular weight is 568 g/mol. The second-order valence-electron chi connectivity index (χ2n) is 6.33. The van der Waals surface area contributed by atoms with Crippen LogP contribution in [0, 0.1) is 3.57 Å². The summed E-state index contributed by atoms with van der Waals surface area (Å²) in [5, 5.41) is 15.1. The zero-order valence-electron chi connectivity index (χ0n) is 16.3. The van der Waals surface area contributed by atoms with Gasteiger partial charge in [-0.1, -0.05) is 29.4 Å². The van der Waals surface area contributed by atoms with Crippen LogP contribution in [0.25, 0.3) is 0 Å². The van der Waals surface area contributed by atoms with Crippen LogP contribution in [0.15, 0.2) is 66.3 Å². The Morgan fingerprint density at radius 1 is 1.13 bits per heavy atom. The van der Waals surface area contributed by atoms with E-state index in [2.05, 4.69) is 50.0 Å². The third-order valence-corrected chi connectivity index (χ3v) is 6.02. The van der Waals surface area contributed by atoms with Gasteiger partial charge < -0.3 is 15.2 Å². The van der Waals surface area contributed by atoms with E-state index in [1.807, 2.05) is 28.8 Å². The first-order chi connectivity index (χ1) is 15.0.